The summed E-state index contributed by atoms with van der Waals surface area (Å²) in [5, 5.41) is 15.8. The van der Waals surface area contributed by atoms with Crippen LogP contribution in [0, 0.1) is 11.9 Å². The van der Waals surface area contributed by atoms with E-state index in [1.807, 2.05) is 60.7 Å². The normalized spacial score (nSPS) is 14.9. The Bertz CT molecular complexity index is 1360. The number of aliphatic carboxylic acids is 1. The van der Waals surface area contributed by atoms with Gasteiger partial charge in [0.25, 0.3) is 0 Å². The maximum atomic E-state index is 14.3. The van der Waals surface area contributed by atoms with Crippen molar-refractivity contribution in [1.82, 2.24) is 10.2 Å². The number of nitrogens with one attached hydrogen (secondary N) is 1. The molecule has 5 rings (SSSR count). The Morgan fingerprint density at radius 1 is 0.970 bits per heavy atom. The molecule has 1 aliphatic rings. The number of H-pyrrole nitrogens is 1. The lowest BCUT2D eigenvalue weighted by Crippen LogP contribution is -2.15. The number of nitrogens with zero attached hydrogens (tertiary/aromatic N) is 1. The van der Waals surface area contributed by atoms with Crippen molar-refractivity contribution >= 4 is 34.1 Å². The average molecular weight is 439 g/mol. The van der Waals surface area contributed by atoms with Crippen LogP contribution in [0.2, 0.25) is 0 Å². The quantitative estimate of drug-likeness (QED) is 0.265. The highest BCUT2D eigenvalue weighted by atomic mass is 19.1. The zero-order chi connectivity index (χ0) is 22.8. The zero-order valence-corrected chi connectivity index (χ0v) is 18.0. The van der Waals surface area contributed by atoms with Crippen LogP contribution >= 0.6 is 0 Å². The number of hydrogen-bond acceptors (Lipinski definition) is 2. The summed E-state index contributed by atoms with van der Waals surface area (Å²) in [4.78, 5) is 10.9. The molecule has 33 heavy (non-hydrogen) atoms. The molecule has 0 spiro atoms. The molecular weight excluding hydrogens is 415 g/mol. The van der Waals surface area contributed by atoms with E-state index in [-0.39, 0.29) is 0 Å². The van der Waals surface area contributed by atoms with E-state index in [1.165, 1.54) is 17.6 Å². The lowest BCUT2D eigenvalue weighted by Gasteiger charge is -2.31. The monoisotopic (exact) mass is 438 g/mol. The van der Waals surface area contributed by atoms with Gasteiger partial charge in [-0.1, -0.05) is 67.1 Å². The first-order valence-electron chi connectivity index (χ1n) is 11.0. The van der Waals surface area contributed by atoms with Crippen molar-refractivity contribution in [3.8, 4) is 0 Å². The predicted molar refractivity (Wildman–Crippen MR) is 129 cm³/mol. The number of hydrogen-bond donors (Lipinski definition) is 2. The first-order chi connectivity index (χ1) is 16.1. The van der Waals surface area contributed by atoms with Crippen molar-refractivity contribution in [2.24, 2.45) is 5.92 Å². The van der Waals surface area contributed by atoms with Gasteiger partial charge in [0.1, 0.15) is 0 Å². The summed E-state index contributed by atoms with van der Waals surface area (Å²) in [6.45, 7) is 0. The zero-order valence-electron chi connectivity index (χ0n) is 18.0. The third kappa shape index (κ3) is 4.22. The molecule has 3 aromatic carbocycles. The van der Waals surface area contributed by atoms with E-state index in [1.54, 1.807) is 6.08 Å². The molecule has 1 heterocycles. The standard InChI is InChI=1S/C28H23FN2O2/c29-28-23-17-22(14-15-24(23)30-31-28)27(21-12-9-18(10-13-21)11-16-25(32)33)26(20-7-4-8-20)19-5-2-1-3-6-19/h1-3,5-6,9-17,20H,4,7-8H2,(H,30,31)(H,32,33)/b16-11+,27-26-. The number of aromatic amines is 1. The molecule has 0 radical (unpaired) electrons. The lowest BCUT2D eigenvalue weighted by molar-refractivity contribution is -0.131. The van der Waals surface area contributed by atoms with E-state index in [9.17, 15) is 9.18 Å². The van der Waals surface area contributed by atoms with Crippen molar-refractivity contribution < 1.29 is 14.3 Å². The number of allylic oxidation sites excluding steroid dienone is 1. The third-order valence-electron chi connectivity index (χ3n) is 6.29. The Balaban J connectivity index is 1.73. The highest BCUT2D eigenvalue weighted by Gasteiger charge is 2.27. The van der Waals surface area contributed by atoms with Gasteiger partial charge in [-0.25, -0.2) is 4.79 Å². The van der Waals surface area contributed by atoms with Gasteiger partial charge in [-0.3, -0.25) is 5.10 Å². The second kappa shape index (κ2) is 8.87. The summed E-state index contributed by atoms with van der Waals surface area (Å²) >= 11 is 0. The molecule has 5 heteroatoms. The van der Waals surface area contributed by atoms with Crippen LogP contribution in [0.4, 0.5) is 4.39 Å². The van der Waals surface area contributed by atoms with Crippen molar-refractivity contribution in [3.63, 3.8) is 0 Å². The van der Waals surface area contributed by atoms with Crippen LogP contribution in [0.15, 0.2) is 78.9 Å². The van der Waals surface area contributed by atoms with Gasteiger partial charge in [0.2, 0.25) is 5.95 Å². The molecule has 1 saturated carbocycles. The lowest BCUT2D eigenvalue weighted by atomic mass is 9.73. The van der Waals surface area contributed by atoms with E-state index in [2.05, 4.69) is 22.3 Å². The topological polar surface area (TPSA) is 66.0 Å². The van der Waals surface area contributed by atoms with Crippen molar-refractivity contribution in [2.45, 2.75) is 19.3 Å². The molecule has 0 aliphatic heterocycles. The predicted octanol–water partition coefficient (Wildman–Crippen LogP) is 6.56. The Labute approximate surface area is 191 Å². The molecule has 1 aromatic heterocycles. The molecular formula is C28H23FN2O2. The molecule has 164 valence electrons. The number of carboxylic acid groups (broad SMARTS) is 1. The number of benzene rings is 3. The van der Waals surface area contributed by atoms with Gasteiger partial charge in [0.05, 0.1) is 10.9 Å². The fraction of sp³-hybridized carbons (Fsp3) is 0.143. The van der Waals surface area contributed by atoms with Gasteiger partial charge in [0.15, 0.2) is 0 Å². The summed E-state index contributed by atoms with van der Waals surface area (Å²) in [5.41, 5.74) is 6.91. The van der Waals surface area contributed by atoms with Gasteiger partial charge in [0, 0.05) is 6.08 Å². The fourth-order valence-corrected chi connectivity index (χ4v) is 4.44. The van der Waals surface area contributed by atoms with Crippen LogP contribution in [0.1, 0.15) is 41.5 Å². The van der Waals surface area contributed by atoms with E-state index in [4.69, 9.17) is 5.11 Å². The Kier molecular flexibility index (Phi) is 5.61. The third-order valence-corrected chi connectivity index (χ3v) is 6.29. The molecule has 0 unspecified atom stereocenters. The van der Waals surface area contributed by atoms with Gasteiger partial charge in [-0.2, -0.15) is 4.39 Å². The maximum Gasteiger partial charge on any atom is 0.328 e. The van der Waals surface area contributed by atoms with Crippen LogP contribution in [0.3, 0.4) is 0 Å². The van der Waals surface area contributed by atoms with E-state index >= 15 is 0 Å². The minimum atomic E-state index is -0.980. The first kappa shape index (κ1) is 20.9. The summed E-state index contributed by atoms with van der Waals surface area (Å²) in [7, 11) is 0. The number of halogens is 1. The van der Waals surface area contributed by atoms with E-state index in [0.717, 1.165) is 41.2 Å². The summed E-state index contributed by atoms with van der Waals surface area (Å²) in [5.74, 6) is -1.06. The molecule has 1 aliphatic carbocycles. The summed E-state index contributed by atoms with van der Waals surface area (Å²) in [6.07, 6.45) is 6.14. The molecule has 1 fully saturated rings. The number of carbonyl (C=O) groups is 1. The van der Waals surface area contributed by atoms with Crippen LogP contribution in [0.5, 0.6) is 0 Å². The highest BCUT2D eigenvalue weighted by Crippen LogP contribution is 2.45. The maximum absolute atomic E-state index is 14.3. The van der Waals surface area contributed by atoms with Crippen LogP contribution in [-0.2, 0) is 4.79 Å². The second-order valence-corrected chi connectivity index (χ2v) is 8.35. The van der Waals surface area contributed by atoms with Crippen LogP contribution < -0.4 is 0 Å². The number of fused-ring (bicyclic) bond motifs is 1. The van der Waals surface area contributed by atoms with Gasteiger partial charge >= 0.3 is 5.97 Å². The van der Waals surface area contributed by atoms with Crippen molar-refractivity contribution in [2.75, 3.05) is 0 Å². The summed E-state index contributed by atoms with van der Waals surface area (Å²) < 4.78 is 14.3. The van der Waals surface area contributed by atoms with E-state index in [0.29, 0.717) is 16.8 Å². The van der Waals surface area contributed by atoms with Gasteiger partial charge in [-0.15, -0.1) is 5.10 Å². The molecule has 0 atom stereocenters. The van der Waals surface area contributed by atoms with Crippen LogP contribution in [0.25, 0.3) is 28.1 Å². The molecule has 0 bridgehead atoms. The average Bonchev–Trinajstić information content (AvgIpc) is 3.17. The fourth-order valence-electron chi connectivity index (χ4n) is 4.44. The molecule has 2 N–H and O–H groups in total. The molecule has 0 saturated heterocycles. The number of carboxylic acids is 1. The Morgan fingerprint density at radius 3 is 2.36 bits per heavy atom. The SMILES string of the molecule is O=C(O)/C=C/c1ccc(/C(=C(\c2ccccc2)C2CCC2)c2ccc3[nH]nc(F)c3c2)cc1. The highest BCUT2D eigenvalue weighted by molar-refractivity contribution is 6.01. The second-order valence-electron chi connectivity index (χ2n) is 8.35. The first-order valence-corrected chi connectivity index (χ1v) is 11.0. The van der Waals surface area contributed by atoms with Crippen molar-refractivity contribution in [3.05, 3.63) is 107 Å². The Morgan fingerprint density at radius 2 is 1.70 bits per heavy atom. The number of aromatic nitrogens is 2. The Hall–Kier alpha value is -3.99. The van der Waals surface area contributed by atoms with Crippen LogP contribution in [-0.4, -0.2) is 21.3 Å². The largest absolute Gasteiger partial charge is 0.478 e. The molecule has 4 aromatic rings. The summed E-state index contributed by atoms with van der Waals surface area (Å²) in [6, 6.07) is 24.0. The molecule has 4 nitrogen and oxygen atoms in total. The van der Waals surface area contributed by atoms with Gasteiger partial charge < -0.3 is 5.11 Å². The molecule has 0 amide bonds. The van der Waals surface area contributed by atoms with Gasteiger partial charge in [-0.05, 0) is 70.4 Å². The smallest absolute Gasteiger partial charge is 0.328 e. The minimum Gasteiger partial charge on any atom is -0.478 e. The number of rotatable bonds is 6. The van der Waals surface area contributed by atoms with E-state index < -0.39 is 11.9 Å². The minimum absolute atomic E-state index is 0.430. The van der Waals surface area contributed by atoms with Crippen molar-refractivity contribution in [1.29, 1.82) is 0 Å².